The molecule has 1 aromatic heterocycles. The van der Waals surface area contributed by atoms with Gasteiger partial charge in [-0.05, 0) is 32.4 Å². The van der Waals surface area contributed by atoms with Crippen LogP contribution in [0.5, 0.6) is 0 Å². The van der Waals surface area contributed by atoms with Crippen LogP contribution in [-0.4, -0.2) is 73.9 Å². The number of aryl methyl sites for hydroxylation is 1. The Balaban J connectivity index is 1.59. The number of rotatable bonds is 8. The number of piperazine rings is 1. The highest BCUT2D eigenvalue weighted by Gasteiger charge is 2.25. The lowest BCUT2D eigenvalue weighted by atomic mass is 10.2. The average molecular weight is 448 g/mol. The molecule has 0 saturated carbocycles. The topological polar surface area (TPSA) is 91.0 Å². The zero-order valence-corrected chi connectivity index (χ0v) is 19.4. The van der Waals surface area contributed by atoms with Gasteiger partial charge in [0.1, 0.15) is 5.76 Å². The van der Waals surface area contributed by atoms with Crippen molar-refractivity contribution in [1.29, 1.82) is 0 Å². The van der Waals surface area contributed by atoms with Gasteiger partial charge in [-0.1, -0.05) is 30.3 Å². The fourth-order valence-electron chi connectivity index (χ4n) is 3.66. The summed E-state index contributed by atoms with van der Waals surface area (Å²) in [5.74, 6) is 1.66. The van der Waals surface area contributed by atoms with E-state index < -0.39 is 9.84 Å². The lowest BCUT2D eigenvalue weighted by Crippen LogP contribution is -2.54. The van der Waals surface area contributed by atoms with Crippen LogP contribution in [-0.2, 0) is 16.4 Å². The van der Waals surface area contributed by atoms with Crippen LogP contribution in [0.2, 0.25) is 0 Å². The van der Waals surface area contributed by atoms with Gasteiger partial charge in [-0.3, -0.25) is 9.89 Å². The molecule has 0 aliphatic carbocycles. The van der Waals surface area contributed by atoms with Gasteiger partial charge in [0.05, 0.1) is 16.3 Å². The maximum atomic E-state index is 12.8. The maximum absolute atomic E-state index is 12.8. The zero-order valence-electron chi connectivity index (χ0n) is 18.6. The number of nitrogens with zero attached hydrogens (tertiary/aromatic N) is 4. The number of hydrogen-bond acceptors (Lipinski definition) is 6. The Bertz CT molecular complexity index is 951. The summed E-state index contributed by atoms with van der Waals surface area (Å²) in [6.45, 7) is 10.7. The summed E-state index contributed by atoms with van der Waals surface area (Å²) >= 11 is 0. The molecule has 1 aliphatic rings. The van der Waals surface area contributed by atoms with Gasteiger partial charge < -0.3 is 14.7 Å². The number of sulfone groups is 1. The molecular weight excluding hydrogens is 414 g/mol. The van der Waals surface area contributed by atoms with E-state index in [1.54, 1.807) is 24.3 Å². The largest absolute Gasteiger partial charge is 0.361 e. The number of benzene rings is 1. The van der Waals surface area contributed by atoms with Crippen molar-refractivity contribution in [3.05, 3.63) is 47.9 Å². The third-order valence-corrected chi connectivity index (χ3v) is 7.22. The second-order valence-electron chi connectivity index (χ2n) is 7.83. The highest BCUT2D eigenvalue weighted by Crippen LogP contribution is 2.14. The van der Waals surface area contributed by atoms with Crippen LogP contribution in [0, 0.1) is 6.92 Å². The molecule has 0 bridgehead atoms. The molecule has 1 fully saturated rings. The van der Waals surface area contributed by atoms with Gasteiger partial charge in [-0.15, -0.1) is 0 Å². The second kappa shape index (κ2) is 10.8. The summed E-state index contributed by atoms with van der Waals surface area (Å²) in [7, 11) is -3.36. The third-order valence-electron chi connectivity index (χ3n) is 5.39. The molecule has 0 amide bonds. The predicted octanol–water partition coefficient (Wildman–Crippen LogP) is 2.32. The predicted molar refractivity (Wildman–Crippen MR) is 122 cm³/mol. The van der Waals surface area contributed by atoms with Crippen molar-refractivity contribution in [2.24, 2.45) is 4.99 Å². The maximum Gasteiger partial charge on any atom is 0.194 e. The molecule has 2 heterocycles. The number of nitrogens with one attached hydrogen (secondary N) is 1. The van der Waals surface area contributed by atoms with Gasteiger partial charge in [0.2, 0.25) is 0 Å². The van der Waals surface area contributed by atoms with Gasteiger partial charge in [0.15, 0.2) is 15.8 Å². The Morgan fingerprint density at radius 2 is 1.90 bits per heavy atom. The summed E-state index contributed by atoms with van der Waals surface area (Å²) in [5.41, 5.74) is 0.948. The van der Waals surface area contributed by atoms with E-state index in [1.165, 1.54) is 0 Å². The smallest absolute Gasteiger partial charge is 0.194 e. The van der Waals surface area contributed by atoms with Crippen LogP contribution in [0.15, 0.2) is 50.8 Å². The van der Waals surface area contributed by atoms with Crippen molar-refractivity contribution < 1.29 is 12.9 Å². The van der Waals surface area contributed by atoms with Crippen molar-refractivity contribution in [3.8, 4) is 0 Å². The summed E-state index contributed by atoms with van der Waals surface area (Å²) in [6.07, 6.45) is 0.695. The normalized spacial score (nSPS) is 17.0. The van der Waals surface area contributed by atoms with E-state index in [0.717, 1.165) is 50.1 Å². The molecule has 2 aromatic rings. The van der Waals surface area contributed by atoms with Crippen LogP contribution in [0.4, 0.5) is 0 Å². The minimum atomic E-state index is -3.36. The van der Waals surface area contributed by atoms with E-state index in [9.17, 15) is 8.42 Å². The number of guanidine groups is 1. The van der Waals surface area contributed by atoms with E-state index >= 15 is 0 Å². The molecule has 1 unspecified atom stereocenters. The van der Waals surface area contributed by atoms with Crippen LogP contribution in [0.3, 0.4) is 0 Å². The monoisotopic (exact) mass is 447 g/mol. The Morgan fingerprint density at radius 1 is 1.19 bits per heavy atom. The van der Waals surface area contributed by atoms with Crippen LogP contribution >= 0.6 is 0 Å². The molecular formula is C22H33N5O3S. The van der Waals surface area contributed by atoms with Gasteiger partial charge in [-0.2, -0.15) is 0 Å². The van der Waals surface area contributed by atoms with Gasteiger partial charge in [0, 0.05) is 51.4 Å². The molecule has 0 spiro atoms. The van der Waals surface area contributed by atoms with Gasteiger partial charge in [-0.25, -0.2) is 8.42 Å². The molecule has 31 heavy (non-hydrogen) atoms. The van der Waals surface area contributed by atoms with E-state index in [1.807, 2.05) is 32.9 Å². The first kappa shape index (κ1) is 23.3. The quantitative estimate of drug-likeness (QED) is 0.490. The molecule has 1 aliphatic heterocycles. The van der Waals surface area contributed by atoms with Gasteiger partial charge in [0.25, 0.3) is 0 Å². The second-order valence-corrected chi connectivity index (χ2v) is 9.87. The fraction of sp³-hybridized carbons (Fsp3) is 0.545. The third kappa shape index (κ3) is 6.54. The molecule has 1 aromatic carbocycles. The van der Waals surface area contributed by atoms with E-state index in [0.29, 0.717) is 17.9 Å². The Morgan fingerprint density at radius 3 is 2.48 bits per heavy atom. The highest BCUT2D eigenvalue weighted by molar-refractivity contribution is 7.91. The minimum absolute atomic E-state index is 0.0434. The minimum Gasteiger partial charge on any atom is -0.361 e. The molecule has 170 valence electrons. The van der Waals surface area contributed by atoms with Gasteiger partial charge >= 0.3 is 0 Å². The molecule has 1 atom stereocenters. The van der Waals surface area contributed by atoms with Crippen LogP contribution in [0.1, 0.15) is 31.7 Å². The number of hydrogen-bond donors (Lipinski definition) is 1. The molecule has 1 N–H and O–H groups in total. The Hall–Kier alpha value is -2.39. The average Bonchev–Trinajstić information content (AvgIpc) is 3.18. The molecule has 3 rings (SSSR count). The van der Waals surface area contributed by atoms with Crippen molar-refractivity contribution in [3.63, 3.8) is 0 Å². The van der Waals surface area contributed by atoms with Crippen molar-refractivity contribution >= 4 is 15.8 Å². The van der Waals surface area contributed by atoms with Crippen molar-refractivity contribution in [2.45, 2.75) is 44.7 Å². The molecule has 9 heteroatoms. The summed E-state index contributed by atoms with van der Waals surface area (Å²) in [4.78, 5) is 9.56. The summed E-state index contributed by atoms with van der Waals surface area (Å²) < 4.78 is 30.8. The standard InChI is InChI=1S/C22H33N5O3S/c1-4-19(17-31(28,29)21-9-7-6-8-10-21)24-22(23-5-2)27-13-11-26(12-14-27)16-20-15-18(3)30-25-20/h6-10,15,19H,4-5,11-14,16-17H2,1-3H3,(H,23,24). The lowest BCUT2D eigenvalue weighted by molar-refractivity contribution is 0.168. The van der Waals surface area contributed by atoms with Crippen molar-refractivity contribution in [2.75, 3.05) is 38.5 Å². The van der Waals surface area contributed by atoms with E-state index in [4.69, 9.17) is 4.52 Å². The summed E-state index contributed by atoms with van der Waals surface area (Å²) in [6, 6.07) is 10.4. The Kier molecular flexibility index (Phi) is 8.09. The first-order valence-corrected chi connectivity index (χ1v) is 12.5. The highest BCUT2D eigenvalue weighted by atomic mass is 32.2. The molecule has 1 saturated heterocycles. The first-order chi connectivity index (χ1) is 14.9. The molecule has 8 nitrogen and oxygen atoms in total. The lowest BCUT2D eigenvalue weighted by Gasteiger charge is -2.37. The first-order valence-electron chi connectivity index (χ1n) is 10.9. The SMILES string of the molecule is CCN=C(NC(CC)CS(=O)(=O)c1ccccc1)N1CCN(Cc2cc(C)on2)CC1. The fourth-order valence-corrected chi connectivity index (χ4v) is 5.27. The van der Waals surface area contributed by atoms with Crippen LogP contribution < -0.4 is 5.32 Å². The molecule has 0 radical (unpaired) electrons. The number of aromatic nitrogens is 1. The van der Waals surface area contributed by atoms with E-state index in [-0.39, 0.29) is 11.8 Å². The van der Waals surface area contributed by atoms with Crippen molar-refractivity contribution in [1.82, 2.24) is 20.3 Å². The zero-order chi connectivity index (χ0) is 22.3. The number of aliphatic imine (C=N–C) groups is 1. The summed E-state index contributed by atoms with van der Waals surface area (Å²) in [5, 5.41) is 7.50. The Labute approximate surface area is 185 Å². The van der Waals surface area contributed by atoms with E-state index in [2.05, 4.69) is 25.3 Å². The van der Waals surface area contributed by atoms with Crippen LogP contribution in [0.25, 0.3) is 0 Å².